The van der Waals surface area contributed by atoms with Gasteiger partial charge in [0.15, 0.2) is 0 Å². The summed E-state index contributed by atoms with van der Waals surface area (Å²) in [4.78, 5) is 0. The van der Waals surface area contributed by atoms with E-state index >= 15 is 0 Å². The number of hydrogen-bond donors (Lipinski definition) is 0. The minimum absolute atomic E-state index is 0.959. The van der Waals surface area contributed by atoms with Crippen LogP contribution in [0.2, 0.25) is 0 Å². The van der Waals surface area contributed by atoms with Crippen LogP contribution in [0.1, 0.15) is 105 Å². The van der Waals surface area contributed by atoms with Crippen molar-refractivity contribution in [3.63, 3.8) is 0 Å². The first kappa shape index (κ1) is 18.0. The van der Waals surface area contributed by atoms with Gasteiger partial charge < -0.3 is 0 Å². The van der Waals surface area contributed by atoms with Crippen LogP contribution >= 0.6 is 0 Å². The molecule has 0 radical (unpaired) electrons. The number of unbranched alkanes of at least 4 members (excludes halogenated alkanes) is 5. The van der Waals surface area contributed by atoms with Gasteiger partial charge in [0.1, 0.15) is 0 Å². The largest absolute Gasteiger partial charge is 0.0654 e. The highest BCUT2D eigenvalue weighted by Crippen LogP contribution is 2.26. The Morgan fingerprint density at radius 2 is 1.17 bits per heavy atom. The second kappa shape index (κ2) is 13.4. The summed E-state index contributed by atoms with van der Waals surface area (Å²) in [5.74, 6) is 1.98. The lowest BCUT2D eigenvalue weighted by Gasteiger charge is -2.21. The molecule has 0 N–H and O–H groups in total. The normalized spacial score (nSPS) is 13.2. The fourth-order valence-electron chi connectivity index (χ4n) is 2.97. The van der Waals surface area contributed by atoms with Crippen LogP contribution in [0.4, 0.5) is 0 Å². The van der Waals surface area contributed by atoms with Gasteiger partial charge in [-0.15, -0.1) is 0 Å². The van der Waals surface area contributed by atoms with Gasteiger partial charge in [-0.25, -0.2) is 0 Å². The fourth-order valence-corrected chi connectivity index (χ4v) is 2.97. The molecule has 0 aromatic carbocycles. The Hall–Kier alpha value is 0. The first-order valence-corrected chi connectivity index (χ1v) is 8.74. The van der Waals surface area contributed by atoms with Gasteiger partial charge in [-0.3, -0.25) is 0 Å². The molecule has 0 nitrogen and oxygen atoms in total. The molecule has 0 heterocycles. The highest BCUT2D eigenvalue weighted by Gasteiger charge is 2.12. The predicted octanol–water partition coefficient (Wildman–Crippen LogP) is 6.98. The molecule has 0 aliphatic heterocycles. The Morgan fingerprint density at radius 1 is 0.611 bits per heavy atom. The van der Waals surface area contributed by atoms with E-state index in [4.69, 9.17) is 0 Å². The maximum atomic E-state index is 2.48. The predicted molar refractivity (Wildman–Crippen MR) is 85.1 cm³/mol. The molecule has 0 amide bonds. The average Bonchev–Trinajstić information content (AvgIpc) is 2.38. The van der Waals surface area contributed by atoms with Gasteiger partial charge in [-0.05, 0) is 18.3 Å². The molecule has 0 heteroatoms. The zero-order chi connectivity index (χ0) is 13.6. The topological polar surface area (TPSA) is 0 Å². The third-order valence-electron chi connectivity index (χ3n) is 4.22. The second-order valence-corrected chi connectivity index (χ2v) is 6.34. The van der Waals surface area contributed by atoms with Crippen molar-refractivity contribution in [2.75, 3.05) is 0 Å². The SMILES string of the molecule is CCCCCCC(C)CC(CCCC)CCCC. The number of rotatable bonds is 13. The molecule has 110 valence electrons. The van der Waals surface area contributed by atoms with Crippen molar-refractivity contribution in [3.8, 4) is 0 Å². The van der Waals surface area contributed by atoms with E-state index in [1.54, 1.807) is 0 Å². The zero-order valence-corrected chi connectivity index (χ0v) is 13.6. The molecule has 0 fully saturated rings. The van der Waals surface area contributed by atoms with Crippen molar-refractivity contribution in [2.24, 2.45) is 11.8 Å². The highest BCUT2D eigenvalue weighted by molar-refractivity contribution is 4.65. The van der Waals surface area contributed by atoms with E-state index < -0.39 is 0 Å². The molecule has 0 aliphatic carbocycles. The summed E-state index contributed by atoms with van der Waals surface area (Å²) in [7, 11) is 0. The molecule has 1 unspecified atom stereocenters. The maximum Gasteiger partial charge on any atom is -0.0412 e. The van der Waals surface area contributed by atoms with Gasteiger partial charge >= 0.3 is 0 Å². The molecule has 0 saturated carbocycles. The van der Waals surface area contributed by atoms with Crippen molar-refractivity contribution < 1.29 is 0 Å². The summed E-state index contributed by atoms with van der Waals surface area (Å²) in [5, 5.41) is 0. The zero-order valence-electron chi connectivity index (χ0n) is 13.6. The third-order valence-corrected chi connectivity index (χ3v) is 4.22. The van der Waals surface area contributed by atoms with E-state index in [0.29, 0.717) is 0 Å². The molecule has 0 saturated heterocycles. The lowest BCUT2D eigenvalue weighted by atomic mass is 9.85. The quantitative estimate of drug-likeness (QED) is 0.311. The van der Waals surface area contributed by atoms with E-state index in [1.165, 1.54) is 77.0 Å². The van der Waals surface area contributed by atoms with Crippen molar-refractivity contribution in [3.05, 3.63) is 0 Å². The average molecular weight is 255 g/mol. The van der Waals surface area contributed by atoms with Gasteiger partial charge in [0.2, 0.25) is 0 Å². The number of hydrogen-bond acceptors (Lipinski definition) is 0. The third kappa shape index (κ3) is 11.1. The molecule has 0 aromatic rings. The maximum absolute atomic E-state index is 2.48. The highest BCUT2D eigenvalue weighted by atomic mass is 14.2. The fraction of sp³-hybridized carbons (Fsp3) is 1.00. The Labute approximate surface area is 117 Å². The Balaban J connectivity index is 3.74. The molecule has 0 aliphatic rings. The van der Waals surface area contributed by atoms with Gasteiger partial charge in [0.05, 0.1) is 0 Å². The van der Waals surface area contributed by atoms with Gasteiger partial charge in [-0.1, -0.05) is 98.3 Å². The molecule has 1 atom stereocenters. The minimum Gasteiger partial charge on any atom is -0.0654 e. The summed E-state index contributed by atoms with van der Waals surface area (Å²) >= 11 is 0. The van der Waals surface area contributed by atoms with Crippen LogP contribution < -0.4 is 0 Å². The van der Waals surface area contributed by atoms with Crippen LogP contribution in [0, 0.1) is 11.8 Å². The molecular weight excluding hydrogens is 216 g/mol. The van der Waals surface area contributed by atoms with Crippen molar-refractivity contribution in [2.45, 2.75) is 105 Å². The molecular formula is C18H38. The van der Waals surface area contributed by atoms with Crippen LogP contribution in [0.5, 0.6) is 0 Å². The Morgan fingerprint density at radius 3 is 1.67 bits per heavy atom. The molecule has 0 aromatic heterocycles. The van der Waals surface area contributed by atoms with Crippen LogP contribution in [0.25, 0.3) is 0 Å². The Bertz CT molecular complexity index is 142. The summed E-state index contributed by atoms with van der Waals surface area (Å²) in [6, 6.07) is 0. The second-order valence-electron chi connectivity index (χ2n) is 6.34. The lowest BCUT2D eigenvalue weighted by molar-refractivity contribution is 0.318. The van der Waals surface area contributed by atoms with Crippen LogP contribution in [-0.4, -0.2) is 0 Å². The van der Waals surface area contributed by atoms with Gasteiger partial charge in [-0.2, -0.15) is 0 Å². The van der Waals surface area contributed by atoms with E-state index in [2.05, 4.69) is 27.7 Å². The van der Waals surface area contributed by atoms with Crippen molar-refractivity contribution in [1.82, 2.24) is 0 Å². The van der Waals surface area contributed by atoms with Crippen molar-refractivity contribution >= 4 is 0 Å². The minimum atomic E-state index is 0.959. The molecule has 0 spiro atoms. The standard InChI is InChI=1S/C18H38/c1-5-8-11-12-13-17(4)16-18(14-9-6-2)15-10-7-3/h17-18H,5-16H2,1-4H3. The smallest absolute Gasteiger partial charge is 0.0412 e. The van der Waals surface area contributed by atoms with Crippen molar-refractivity contribution in [1.29, 1.82) is 0 Å². The van der Waals surface area contributed by atoms with Crippen LogP contribution in [0.3, 0.4) is 0 Å². The summed E-state index contributed by atoms with van der Waals surface area (Å²) in [6.45, 7) is 9.43. The van der Waals surface area contributed by atoms with Gasteiger partial charge in [0.25, 0.3) is 0 Å². The first-order valence-electron chi connectivity index (χ1n) is 8.74. The van der Waals surface area contributed by atoms with Crippen LogP contribution in [-0.2, 0) is 0 Å². The van der Waals surface area contributed by atoms with Gasteiger partial charge in [0, 0.05) is 0 Å². The van der Waals surface area contributed by atoms with E-state index in [9.17, 15) is 0 Å². The van der Waals surface area contributed by atoms with Crippen LogP contribution in [0.15, 0.2) is 0 Å². The van der Waals surface area contributed by atoms with E-state index in [-0.39, 0.29) is 0 Å². The molecule has 18 heavy (non-hydrogen) atoms. The summed E-state index contributed by atoms with van der Waals surface area (Å²) in [5.41, 5.74) is 0. The monoisotopic (exact) mass is 254 g/mol. The first-order chi connectivity index (χ1) is 8.74. The molecule has 0 bridgehead atoms. The lowest BCUT2D eigenvalue weighted by Crippen LogP contribution is -2.07. The Kier molecular flexibility index (Phi) is 13.4. The van der Waals surface area contributed by atoms with E-state index in [0.717, 1.165) is 11.8 Å². The van der Waals surface area contributed by atoms with E-state index in [1.807, 2.05) is 0 Å². The summed E-state index contributed by atoms with van der Waals surface area (Å²) in [6.07, 6.45) is 17.3. The molecule has 0 rings (SSSR count). The summed E-state index contributed by atoms with van der Waals surface area (Å²) < 4.78 is 0.